The van der Waals surface area contributed by atoms with Crippen LogP contribution in [0.1, 0.15) is 17.5 Å². The van der Waals surface area contributed by atoms with Crippen molar-refractivity contribution in [3.05, 3.63) is 47.5 Å². The van der Waals surface area contributed by atoms with Crippen molar-refractivity contribution in [1.82, 2.24) is 9.80 Å². The second kappa shape index (κ2) is 6.04. The van der Waals surface area contributed by atoms with E-state index in [1.807, 2.05) is 12.1 Å². The van der Waals surface area contributed by atoms with Crippen LogP contribution < -0.4 is 18.9 Å². The fraction of sp³-hybridized carbons (Fsp3) is 0.429. The minimum atomic E-state index is 0.335. The van der Waals surface area contributed by atoms with Crippen LogP contribution in [0, 0.1) is 0 Å². The van der Waals surface area contributed by atoms with Gasteiger partial charge in [0.1, 0.15) is 0 Å². The van der Waals surface area contributed by atoms with E-state index in [2.05, 4.69) is 34.1 Å². The lowest BCUT2D eigenvalue weighted by molar-refractivity contribution is 0.118. The number of nitrogens with zero attached hydrogens (tertiary/aromatic N) is 2. The minimum Gasteiger partial charge on any atom is -0.454 e. The van der Waals surface area contributed by atoms with Gasteiger partial charge in [0.25, 0.3) is 0 Å². The van der Waals surface area contributed by atoms with Crippen LogP contribution in [0.3, 0.4) is 0 Å². The summed E-state index contributed by atoms with van der Waals surface area (Å²) in [6.07, 6.45) is 1.26. The molecule has 0 aromatic heterocycles. The highest BCUT2D eigenvalue weighted by molar-refractivity contribution is 5.45. The maximum atomic E-state index is 5.51. The van der Waals surface area contributed by atoms with Gasteiger partial charge in [0.15, 0.2) is 23.0 Å². The Morgan fingerprint density at radius 2 is 1.15 bits per heavy atom. The lowest BCUT2D eigenvalue weighted by atomic mass is 10.1. The normalized spacial score (nSPS) is 25.5. The number of rotatable bonds is 4. The molecule has 2 bridgehead atoms. The van der Waals surface area contributed by atoms with Gasteiger partial charge in [-0.1, -0.05) is 12.1 Å². The molecular formula is C21H22N2O4. The summed E-state index contributed by atoms with van der Waals surface area (Å²) in [5, 5.41) is 0. The number of hydrogen-bond donors (Lipinski definition) is 0. The lowest BCUT2D eigenvalue weighted by Crippen LogP contribution is -2.45. The molecular weight excluding hydrogens is 344 g/mol. The van der Waals surface area contributed by atoms with Crippen LogP contribution in [0.5, 0.6) is 23.0 Å². The molecule has 2 aromatic carbocycles. The summed E-state index contributed by atoms with van der Waals surface area (Å²) in [7, 11) is 0. The Kier molecular flexibility index (Phi) is 3.49. The van der Waals surface area contributed by atoms with E-state index in [1.54, 1.807) is 0 Å². The Bertz CT molecular complexity index is 815. The number of likely N-dealkylation sites (tertiary alicyclic amines) is 2. The molecule has 4 aliphatic heterocycles. The highest BCUT2D eigenvalue weighted by atomic mass is 16.7. The van der Waals surface area contributed by atoms with Crippen molar-refractivity contribution < 1.29 is 18.9 Å². The number of benzene rings is 2. The summed E-state index contributed by atoms with van der Waals surface area (Å²) >= 11 is 0. The fourth-order valence-corrected chi connectivity index (χ4v) is 4.77. The molecule has 2 aromatic rings. The molecule has 0 N–H and O–H groups in total. The highest BCUT2D eigenvalue weighted by Crippen LogP contribution is 2.37. The number of piperazine rings is 1. The second-order valence-electron chi connectivity index (χ2n) is 7.78. The van der Waals surface area contributed by atoms with Gasteiger partial charge < -0.3 is 18.9 Å². The lowest BCUT2D eigenvalue weighted by Gasteiger charge is -2.34. The van der Waals surface area contributed by atoms with Crippen LogP contribution in [0.4, 0.5) is 0 Å². The predicted octanol–water partition coefficient (Wildman–Crippen LogP) is 2.60. The van der Waals surface area contributed by atoms with Gasteiger partial charge in [-0.15, -0.1) is 0 Å². The van der Waals surface area contributed by atoms with E-state index >= 15 is 0 Å². The van der Waals surface area contributed by atoms with E-state index < -0.39 is 0 Å². The van der Waals surface area contributed by atoms with Crippen LogP contribution >= 0.6 is 0 Å². The number of fused-ring (bicyclic) bond motifs is 4. The largest absolute Gasteiger partial charge is 0.454 e. The third kappa shape index (κ3) is 2.71. The van der Waals surface area contributed by atoms with Crippen molar-refractivity contribution >= 4 is 0 Å². The summed E-state index contributed by atoms with van der Waals surface area (Å²) in [5.41, 5.74) is 2.60. The summed E-state index contributed by atoms with van der Waals surface area (Å²) in [4.78, 5) is 5.22. The van der Waals surface area contributed by atoms with E-state index in [0.29, 0.717) is 25.7 Å². The number of hydrogen-bond acceptors (Lipinski definition) is 6. The Hall–Kier alpha value is -2.44. The third-order valence-corrected chi connectivity index (χ3v) is 6.11. The zero-order valence-corrected chi connectivity index (χ0v) is 15.1. The smallest absolute Gasteiger partial charge is 0.231 e. The van der Waals surface area contributed by atoms with Crippen LogP contribution in [0.25, 0.3) is 0 Å². The molecule has 6 rings (SSSR count). The molecule has 2 unspecified atom stereocenters. The highest BCUT2D eigenvalue weighted by Gasteiger charge is 2.42. The van der Waals surface area contributed by atoms with Crippen molar-refractivity contribution in [1.29, 1.82) is 0 Å². The molecule has 0 aliphatic carbocycles. The Labute approximate surface area is 158 Å². The SMILES string of the molecule is c1cc2c(cc1CN1CC3CC1CN3Cc1ccc3c(c1)OCO3)OCO2. The molecule has 4 aliphatic rings. The van der Waals surface area contributed by atoms with Gasteiger partial charge in [-0.2, -0.15) is 0 Å². The van der Waals surface area contributed by atoms with Crippen molar-refractivity contribution in [2.45, 2.75) is 31.6 Å². The van der Waals surface area contributed by atoms with Crippen LogP contribution in [-0.2, 0) is 13.1 Å². The van der Waals surface area contributed by atoms with Gasteiger partial charge in [0, 0.05) is 38.3 Å². The molecule has 2 atom stereocenters. The maximum Gasteiger partial charge on any atom is 0.231 e. The minimum absolute atomic E-state index is 0.335. The first-order valence-electron chi connectivity index (χ1n) is 9.57. The topological polar surface area (TPSA) is 43.4 Å². The summed E-state index contributed by atoms with van der Waals surface area (Å²) < 4.78 is 21.8. The van der Waals surface area contributed by atoms with Gasteiger partial charge >= 0.3 is 0 Å². The molecule has 0 saturated carbocycles. The quantitative estimate of drug-likeness (QED) is 0.829. The molecule has 4 heterocycles. The van der Waals surface area contributed by atoms with Gasteiger partial charge in [-0.05, 0) is 41.8 Å². The predicted molar refractivity (Wildman–Crippen MR) is 98.1 cm³/mol. The second-order valence-corrected chi connectivity index (χ2v) is 7.78. The molecule has 0 amide bonds. The fourth-order valence-electron chi connectivity index (χ4n) is 4.77. The van der Waals surface area contributed by atoms with E-state index in [9.17, 15) is 0 Å². The summed E-state index contributed by atoms with van der Waals surface area (Å²) in [5.74, 6) is 3.47. The molecule has 6 nitrogen and oxygen atoms in total. The average Bonchev–Trinajstić information content (AvgIpc) is 3.45. The Morgan fingerprint density at radius 1 is 0.667 bits per heavy atom. The Balaban J connectivity index is 1.10. The molecule has 2 fully saturated rings. The molecule has 2 saturated heterocycles. The Morgan fingerprint density at radius 3 is 1.63 bits per heavy atom. The zero-order valence-electron chi connectivity index (χ0n) is 15.1. The van der Waals surface area contributed by atoms with Crippen LogP contribution in [0.2, 0.25) is 0 Å². The third-order valence-electron chi connectivity index (χ3n) is 6.11. The molecule has 0 radical (unpaired) electrons. The summed E-state index contributed by atoms with van der Waals surface area (Å²) in [6.45, 7) is 4.89. The van der Waals surface area contributed by atoms with E-state index in [-0.39, 0.29) is 0 Å². The van der Waals surface area contributed by atoms with Crippen molar-refractivity contribution in [3.8, 4) is 23.0 Å². The zero-order chi connectivity index (χ0) is 17.8. The standard InChI is InChI=1S/C21H22N2O4/c1-3-18-20(26-12-24-18)5-14(1)8-22-10-17-7-16(22)11-23(17)9-15-2-4-19-21(6-15)27-13-25-19/h1-6,16-17H,7-13H2. The monoisotopic (exact) mass is 366 g/mol. The van der Waals surface area contributed by atoms with E-state index in [0.717, 1.165) is 49.2 Å². The summed E-state index contributed by atoms with van der Waals surface area (Å²) in [6, 6.07) is 13.9. The van der Waals surface area contributed by atoms with Gasteiger partial charge in [0.05, 0.1) is 0 Å². The van der Waals surface area contributed by atoms with Crippen LogP contribution in [0.15, 0.2) is 36.4 Å². The van der Waals surface area contributed by atoms with Crippen LogP contribution in [-0.4, -0.2) is 48.6 Å². The van der Waals surface area contributed by atoms with Crippen molar-refractivity contribution in [2.75, 3.05) is 26.7 Å². The first kappa shape index (κ1) is 15.6. The van der Waals surface area contributed by atoms with Gasteiger partial charge in [-0.25, -0.2) is 0 Å². The first-order valence-corrected chi connectivity index (χ1v) is 9.57. The maximum absolute atomic E-state index is 5.51. The van der Waals surface area contributed by atoms with Crippen molar-refractivity contribution in [3.63, 3.8) is 0 Å². The molecule has 140 valence electrons. The van der Waals surface area contributed by atoms with E-state index in [1.165, 1.54) is 17.5 Å². The number of ether oxygens (including phenoxy) is 4. The molecule has 0 spiro atoms. The van der Waals surface area contributed by atoms with Crippen molar-refractivity contribution in [2.24, 2.45) is 0 Å². The first-order chi connectivity index (χ1) is 13.3. The van der Waals surface area contributed by atoms with Gasteiger partial charge in [0.2, 0.25) is 13.6 Å². The van der Waals surface area contributed by atoms with Gasteiger partial charge in [-0.3, -0.25) is 9.80 Å². The molecule has 6 heteroatoms. The average molecular weight is 366 g/mol. The molecule has 27 heavy (non-hydrogen) atoms. The van der Waals surface area contributed by atoms with E-state index in [4.69, 9.17) is 18.9 Å².